The summed E-state index contributed by atoms with van der Waals surface area (Å²) in [6, 6.07) is 1.04. The van der Waals surface area contributed by atoms with Crippen molar-refractivity contribution < 1.29 is 33.3 Å². The number of hydrogen-bond donors (Lipinski definition) is 1. The van der Waals surface area contributed by atoms with Gasteiger partial charge in [0.05, 0.1) is 0 Å². The van der Waals surface area contributed by atoms with Crippen LogP contribution in [0.3, 0.4) is 0 Å². The molecule has 0 unspecified atom stereocenters. The second kappa shape index (κ2) is 8.10. The fraction of sp³-hybridized carbons (Fsp3) is 0.471. The SMILES string of the molecule is C#C[C@]1(COC(C)=O)O[C@@H](n2ccc(=O)[nH]c2=O)[C@@H](OC(C)=O)[C@@H]1OC(C)=O. The highest BCUT2D eigenvalue weighted by molar-refractivity contribution is 5.68. The summed E-state index contributed by atoms with van der Waals surface area (Å²) in [6.45, 7) is 2.79. The maximum atomic E-state index is 12.2. The van der Waals surface area contributed by atoms with E-state index in [4.69, 9.17) is 25.4 Å². The number of ether oxygens (including phenoxy) is 4. The highest BCUT2D eigenvalue weighted by atomic mass is 16.7. The van der Waals surface area contributed by atoms with Crippen molar-refractivity contribution in [3.8, 4) is 12.3 Å². The van der Waals surface area contributed by atoms with Gasteiger partial charge in [-0.3, -0.25) is 28.7 Å². The summed E-state index contributed by atoms with van der Waals surface area (Å²) in [6.07, 6.45) is 2.54. The van der Waals surface area contributed by atoms with Crippen molar-refractivity contribution in [3.63, 3.8) is 0 Å². The number of hydrogen-bond acceptors (Lipinski definition) is 9. The lowest BCUT2D eigenvalue weighted by Gasteiger charge is -2.28. The fourth-order valence-corrected chi connectivity index (χ4v) is 2.74. The Hall–Kier alpha value is -3.39. The van der Waals surface area contributed by atoms with Crippen molar-refractivity contribution in [1.29, 1.82) is 0 Å². The maximum Gasteiger partial charge on any atom is 0.330 e. The molecule has 4 atom stereocenters. The summed E-state index contributed by atoms with van der Waals surface area (Å²) in [5.74, 6) is 0.0350. The molecule has 150 valence electrons. The Morgan fingerprint density at radius 2 is 1.86 bits per heavy atom. The number of rotatable bonds is 5. The lowest BCUT2D eigenvalue weighted by Crippen LogP contribution is -2.49. The van der Waals surface area contributed by atoms with E-state index in [0.717, 1.165) is 37.6 Å². The minimum atomic E-state index is -1.85. The van der Waals surface area contributed by atoms with Crippen molar-refractivity contribution in [2.75, 3.05) is 6.61 Å². The molecule has 1 saturated heterocycles. The van der Waals surface area contributed by atoms with Gasteiger partial charge < -0.3 is 18.9 Å². The van der Waals surface area contributed by atoms with Crippen molar-refractivity contribution >= 4 is 17.9 Å². The smallest absolute Gasteiger partial charge is 0.330 e. The monoisotopic (exact) mass is 394 g/mol. The van der Waals surface area contributed by atoms with E-state index in [0.29, 0.717) is 0 Å². The third-order valence-corrected chi connectivity index (χ3v) is 3.82. The van der Waals surface area contributed by atoms with Gasteiger partial charge in [-0.05, 0) is 0 Å². The zero-order valence-electron chi connectivity index (χ0n) is 15.3. The second-order valence-corrected chi connectivity index (χ2v) is 5.94. The standard InChI is InChI=1S/C17H18N2O9/c1-5-17(8-25-9(2)20)14(27-11(4)22)13(26-10(3)21)15(28-17)19-7-6-12(23)18-16(19)24/h1,6-7,13-15H,8H2,2-4H3,(H,18,23,24)/t13-,14-,15+,17+/m0/s1. The molecule has 1 aromatic heterocycles. The lowest BCUT2D eigenvalue weighted by atomic mass is 9.96. The third-order valence-electron chi connectivity index (χ3n) is 3.82. The molecule has 0 amide bonds. The van der Waals surface area contributed by atoms with E-state index < -0.39 is 59.8 Å². The summed E-state index contributed by atoms with van der Waals surface area (Å²) in [7, 11) is 0. The van der Waals surface area contributed by atoms with E-state index in [2.05, 4.69) is 5.92 Å². The number of aromatic amines is 1. The van der Waals surface area contributed by atoms with Crippen LogP contribution in [0, 0.1) is 12.3 Å². The van der Waals surface area contributed by atoms with Crippen molar-refractivity contribution in [3.05, 3.63) is 33.1 Å². The average molecular weight is 394 g/mol. The van der Waals surface area contributed by atoms with E-state index in [1.165, 1.54) is 0 Å². The Morgan fingerprint density at radius 1 is 1.21 bits per heavy atom. The predicted octanol–water partition coefficient (Wildman–Crippen LogP) is -1.14. The van der Waals surface area contributed by atoms with Crippen LogP contribution in [0.2, 0.25) is 0 Å². The largest absolute Gasteiger partial charge is 0.462 e. The van der Waals surface area contributed by atoms with Gasteiger partial charge in [-0.15, -0.1) is 6.42 Å². The summed E-state index contributed by atoms with van der Waals surface area (Å²) < 4.78 is 22.0. The number of carbonyl (C=O) groups excluding carboxylic acids is 3. The van der Waals surface area contributed by atoms with E-state index in [1.54, 1.807) is 0 Å². The molecule has 0 aromatic carbocycles. The second-order valence-electron chi connectivity index (χ2n) is 5.94. The third kappa shape index (κ3) is 4.29. The number of carbonyl (C=O) groups is 3. The molecule has 2 heterocycles. The van der Waals surface area contributed by atoms with Crippen LogP contribution in [-0.2, 0) is 33.3 Å². The number of H-pyrrole nitrogens is 1. The van der Waals surface area contributed by atoms with Crippen LogP contribution in [0.15, 0.2) is 21.9 Å². The molecule has 1 N–H and O–H groups in total. The van der Waals surface area contributed by atoms with E-state index in [9.17, 15) is 24.0 Å². The fourth-order valence-electron chi connectivity index (χ4n) is 2.74. The summed E-state index contributed by atoms with van der Waals surface area (Å²) in [5, 5.41) is 0. The first-order valence-corrected chi connectivity index (χ1v) is 8.04. The zero-order valence-corrected chi connectivity index (χ0v) is 15.3. The molecule has 1 fully saturated rings. The predicted molar refractivity (Wildman–Crippen MR) is 90.7 cm³/mol. The Balaban J connectivity index is 2.60. The van der Waals surface area contributed by atoms with Crippen LogP contribution in [0.4, 0.5) is 0 Å². The van der Waals surface area contributed by atoms with Gasteiger partial charge in [0.15, 0.2) is 18.4 Å². The minimum Gasteiger partial charge on any atom is -0.462 e. The van der Waals surface area contributed by atoms with Gasteiger partial charge in [-0.25, -0.2) is 4.79 Å². The molecule has 2 rings (SSSR count). The maximum absolute atomic E-state index is 12.2. The number of aromatic nitrogens is 2. The zero-order chi connectivity index (χ0) is 21.1. The Labute approximate surface area is 158 Å². The summed E-state index contributed by atoms with van der Waals surface area (Å²) in [5.41, 5.74) is -3.39. The van der Waals surface area contributed by atoms with Crippen molar-refractivity contribution in [1.82, 2.24) is 9.55 Å². The Morgan fingerprint density at radius 3 is 2.36 bits per heavy atom. The highest BCUT2D eigenvalue weighted by Gasteiger charge is 2.60. The number of nitrogens with zero attached hydrogens (tertiary/aromatic N) is 1. The van der Waals surface area contributed by atoms with E-state index in [-0.39, 0.29) is 0 Å². The average Bonchev–Trinajstić information content (AvgIpc) is 2.86. The van der Waals surface area contributed by atoms with Gasteiger partial charge >= 0.3 is 23.6 Å². The first-order chi connectivity index (χ1) is 13.1. The van der Waals surface area contributed by atoms with Crippen LogP contribution < -0.4 is 11.2 Å². The molecule has 11 heteroatoms. The number of nitrogens with one attached hydrogen (secondary N) is 1. The lowest BCUT2D eigenvalue weighted by molar-refractivity contribution is -0.169. The van der Waals surface area contributed by atoms with Gasteiger partial charge in [0, 0.05) is 33.0 Å². The summed E-state index contributed by atoms with van der Waals surface area (Å²) in [4.78, 5) is 60.0. The van der Waals surface area contributed by atoms with Gasteiger partial charge in [0.1, 0.15) is 6.61 Å². The molecule has 0 bridgehead atoms. The Bertz CT molecular complexity index is 941. The molecule has 0 saturated carbocycles. The van der Waals surface area contributed by atoms with Crippen LogP contribution in [0.5, 0.6) is 0 Å². The molecule has 1 aliphatic heterocycles. The van der Waals surface area contributed by atoms with E-state index >= 15 is 0 Å². The first-order valence-electron chi connectivity index (χ1n) is 8.04. The first kappa shape index (κ1) is 20.9. The van der Waals surface area contributed by atoms with Crippen LogP contribution >= 0.6 is 0 Å². The van der Waals surface area contributed by atoms with Crippen molar-refractivity contribution in [2.24, 2.45) is 0 Å². The molecule has 11 nitrogen and oxygen atoms in total. The molecule has 0 radical (unpaired) electrons. The normalized spacial score (nSPS) is 26.1. The molecule has 1 aromatic rings. The molecule has 1 aliphatic rings. The van der Waals surface area contributed by atoms with Gasteiger partial charge in [0.25, 0.3) is 5.56 Å². The van der Waals surface area contributed by atoms with Gasteiger partial charge in [-0.2, -0.15) is 0 Å². The van der Waals surface area contributed by atoms with Crippen LogP contribution in [-0.4, -0.2) is 51.9 Å². The highest BCUT2D eigenvalue weighted by Crippen LogP contribution is 2.40. The number of esters is 3. The summed E-state index contributed by atoms with van der Waals surface area (Å²) >= 11 is 0. The molecular weight excluding hydrogens is 376 g/mol. The minimum absolute atomic E-state index is 0.539. The Kier molecular flexibility index (Phi) is 6.05. The van der Waals surface area contributed by atoms with Gasteiger partial charge in [-0.1, -0.05) is 5.92 Å². The van der Waals surface area contributed by atoms with Crippen LogP contribution in [0.25, 0.3) is 0 Å². The van der Waals surface area contributed by atoms with Crippen LogP contribution in [0.1, 0.15) is 27.0 Å². The van der Waals surface area contributed by atoms with E-state index in [1.807, 2.05) is 4.98 Å². The topological polar surface area (TPSA) is 143 Å². The molecule has 0 spiro atoms. The van der Waals surface area contributed by atoms with Crippen molar-refractivity contribution in [2.45, 2.75) is 44.8 Å². The quantitative estimate of drug-likeness (QED) is 0.372. The van der Waals surface area contributed by atoms with Gasteiger partial charge in [0.2, 0.25) is 5.60 Å². The molecular formula is C17H18N2O9. The molecule has 28 heavy (non-hydrogen) atoms. The molecule has 0 aliphatic carbocycles. The number of terminal acetylenes is 1.